The van der Waals surface area contributed by atoms with Gasteiger partial charge in [-0.2, -0.15) is 0 Å². The normalized spacial score (nSPS) is 23.1. The quantitative estimate of drug-likeness (QED) is 0.701. The largest absolute Gasteiger partial charge is 0.481 e. The number of rotatable bonds is 7. The summed E-state index contributed by atoms with van der Waals surface area (Å²) in [4.78, 5) is 13.3. The van der Waals surface area contributed by atoms with Crippen LogP contribution in [0.5, 0.6) is 0 Å². The number of carboxylic acid groups (broad SMARTS) is 1. The van der Waals surface area contributed by atoms with Gasteiger partial charge in [0.05, 0.1) is 6.42 Å². The summed E-state index contributed by atoms with van der Waals surface area (Å²) in [5, 5.41) is 8.87. The molecule has 0 heterocycles. The Hall–Kier alpha value is -0.570. The second kappa shape index (κ2) is 4.12. The standard InChI is InChI=1S/C12H21NO2/c1-2-7-13(10-3-4-10)9-12(5-6-12)8-11(14)15/h10H,2-9H2,1H3,(H,14,15). The summed E-state index contributed by atoms with van der Waals surface area (Å²) in [6.45, 7) is 4.37. The molecule has 1 N–H and O–H groups in total. The molecule has 0 bridgehead atoms. The zero-order valence-electron chi connectivity index (χ0n) is 9.54. The summed E-state index contributed by atoms with van der Waals surface area (Å²) >= 11 is 0. The number of hydrogen-bond acceptors (Lipinski definition) is 2. The van der Waals surface area contributed by atoms with Crippen molar-refractivity contribution in [2.75, 3.05) is 13.1 Å². The lowest BCUT2D eigenvalue weighted by molar-refractivity contribution is -0.138. The lowest BCUT2D eigenvalue weighted by Gasteiger charge is -2.26. The van der Waals surface area contributed by atoms with Crippen LogP contribution in [0.3, 0.4) is 0 Å². The number of carbonyl (C=O) groups is 1. The highest BCUT2D eigenvalue weighted by atomic mass is 16.4. The molecule has 0 aliphatic heterocycles. The molecule has 0 atom stereocenters. The van der Waals surface area contributed by atoms with E-state index in [-0.39, 0.29) is 5.41 Å². The van der Waals surface area contributed by atoms with Gasteiger partial charge >= 0.3 is 5.97 Å². The van der Waals surface area contributed by atoms with E-state index in [1.807, 2.05) is 0 Å². The molecule has 2 saturated carbocycles. The number of aliphatic carboxylic acids is 1. The molecule has 2 fully saturated rings. The third-order valence-corrected chi connectivity index (χ3v) is 3.60. The Labute approximate surface area is 91.5 Å². The molecule has 2 aliphatic rings. The fraction of sp³-hybridized carbons (Fsp3) is 0.917. The lowest BCUT2D eigenvalue weighted by atomic mass is 10.0. The van der Waals surface area contributed by atoms with E-state index in [0.717, 1.165) is 32.0 Å². The molecule has 3 nitrogen and oxygen atoms in total. The molecule has 0 spiro atoms. The second-order valence-corrected chi connectivity index (χ2v) is 5.27. The van der Waals surface area contributed by atoms with Crippen LogP contribution in [0, 0.1) is 5.41 Å². The maximum atomic E-state index is 10.8. The van der Waals surface area contributed by atoms with Crippen molar-refractivity contribution in [3.8, 4) is 0 Å². The van der Waals surface area contributed by atoms with E-state index < -0.39 is 5.97 Å². The molecule has 3 heteroatoms. The summed E-state index contributed by atoms with van der Waals surface area (Å²) in [7, 11) is 0. The van der Waals surface area contributed by atoms with Crippen LogP contribution in [0.4, 0.5) is 0 Å². The Morgan fingerprint density at radius 1 is 1.47 bits per heavy atom. The molecule has 2 rings (SSSR count). The maximum absolute atomic E-state index is 10.8. The molecule has 0 aromatic heterocycles. The third-order valence-electron chi connectivity index (χ3n) is 3.60. The SMILES string of the molecule is CCCN(CC1(CC(=O)O)CC1)C1CC1. The van der Waals surface area contributed by atoms with Gasteiger partial charge in [-0.1, -0.05) is 6.92 Å². The summed E-state index contributed by atoms with van der Waals surface area (Å²) in [5.74, 6) is -0.625. The molecule has 15 heavy (non-hydrogen) atoms. The van der Waals surface area contributed by atoms with E-state index in [4.69, 9.17) is 5.11 Å². The van der Waals surface area contributed by atoms with Crippen LogP contribution in [0.15, 0.2) is 0 Å². The van der Waals surface area contributed by atoms with Gasteiger partial charge in [-0.3, -0.25) is 9.69 Å². The van der Waals surface area contributed by atoms with Crippen molar-refractivity contribution < 1.29 is 9.90 Å². The minimum Gasteiger partial charge on any atom is -0.481 e. The smallest absolute Gasteiger partial charge is 0.303 e. The van der Waals surface area contributed by atoms with E-state index in [2.05, 4.69) is 11.8 Å². The summed E-state index contributed by atoms with van der Waals surface area (Å²) in [6.07, 6.45) is 6.43. The van der Waals surface area contributed by atoms with Crippen molar-refractivity contribution in [3.63, 3.8) is 0 Å². The zero-order chi connectivity index (χ0) is 10.9. The highest BCUT2D eigenvalue weighted by Crippen LogP contribution is 2.50. The Kier molecular flexibility index (Phi) is 3.01. The predicted octanol–water partition coefficient (Wildman–Crippen LogP) is 2.12. The Balaban J connectivity index is 1.85. The minimum atomic E-state index is -0.625. The van der Waals surface area contributed by atoms with Gasteiger partial charge in [-0.15, -0.1) is 0 Å². The average Bonchev–Trinajstić information content (AvgIpc) is 2.95. The van der Waals surface area contributed by atoms with E-state index in [0.29, 0.717) is 6.42 Å². The highest BCUT2D eigenvalue weighted by Gasteiger charge is 2.47. The maximum Gasteiger partial charge on any atom is 0.303 e. The summed E-state index contributed by atoms with van der Waals surface area (Å²) in [6, 6.07) is 0.774. The van der Waals surface area contributed by atoms with Gasteiger partial charge < -0.3 is 5.11 Å². The Morgan fingerprint density at radius 2 is 2.13 bits per heavy atom. The van der Waals surface area contributed by atoms with E-state index >= 15 is 0 Å². The molecule has 0 amide bonds. The zero-order valence-corrected chi connectivity index (χ0v) is 9.54. The fourth-order valence-corrected chi connectivity index (χ4v) is 2.44. The van der Waals surface area contributed by atoms with E-state index in [1.54, 1.807) is 0 Å². The number of carboxylic acids is 1. The van der Waals surface area contributed by atoms with Gasteiger partial charge in [0.15, 0.2) is 0 Å². The molecule has 0 aromatic carbocycles. The highest BCUT2D eigenvalue weighted by molar-refractivity contribution is 5.68. The first-order chi connectivity index (χ1) is 7.15. The van der Waals surface area contributed by atoms with Crippen LogP contribution in [0.25, 0.3) is 0 Å². The summed E-state index contributed by atoms with van der Waals surface area (Å²) < 4.78 is 0. The van der Waals surface area contributed by atoms with Gasteiger partial charge in [-0.05, 0) is 44.1 Å². The van der Waals surface area contributed by atoms with Crippen molar-refractivity contribution in [1.82, 2.24) is 4.90 Å². The molecular formula is C12H21NO2. The van der Waals surface area contributed by atoms with Crippen LogP contribution < -0.4 is 0 Å². The number of nitrogens with zero attached hydrogens (tertiary/aromatic N) is 1. The van der Waals surface area contributed by atoms with Crippen molar-refractivity contribution in [1.29, 1.82) is 0 Å². The van der Waals surface area contributed by atoms with E-state index in [9.17, 15) is 4.79 Å². The molecule has 0 saturated heterocycles. The van der Waals surface area contributed by atoms with Crippen LogP contribution in [0.2, 0.25) is 0 Å². The molecular weight excluding hydrogens is 190 g/mol. The first-order valence-corrected chi connectivity index (χ1v) is 6.11. The molecule has 0 aromatic rings. The Morgan fingerprint density at radius 3 is 2.53 bits per heavy atom. The van der Waals surface area contributed by atoms with Crippen LogP contribution in [0.1, 0.15) is 45.4 Å². The van der Waals surface area contributed by atoms with Crippen LogP contribution in [-0.2, 0) is 4.79 Å². The molecule has 0 radical (unpaired) electrons. The fourth-order valence-electron chi connectivity index (χ4n) is 2.44. The van der Waals surface area contributed by atoms with Crippen LogP contribution >= 0.6 is 0 Å². The third kappa shape index (κ3) is 2.94. The predicted molar refractivity (Wildman–Crippen MR) is 58.8 cm³/mol. The molecule has 2 aliphatic carbocycles. The van der Waals surface area contributed by atoms with E-state index in [1.165, 1.54) is 19.3 Å². The Bertz CT molecular complexity index is 244. The monoisotopic (exact) mass is 211 g/mol. The summed E-state index contributed by atoms with van der Waals surface area (Å²) in [5.41, 5.74) is 0.142. The van der Waals surface area contributed by atoms with Gasteiger partial charge in [-0.25, -0.2) is 0 Å². The number of hydrogen-bond donors (Lipinski definition) is 1. The molecule has 0 unspecified atom stereocenters. The van der Waals surface area contributed by atoms with Gasteiger partial charge in [0.1, 0.15) is 0 Å². The topological polar surface area (TPSA) is 40.5 Å². The van der Waals surface area contributed by atoms with Crippen molar-refractivity contribution in [2.45, 2.75) is 51.5 Å². The second-order valence-electron chi connectivity index (χ2n) is 5.27. The average molecular weight is 211 g/mol. The van der Waals surface area contributed by atoms with Crippen molar-refractivity contribution >= 4 is 5.97 Å². The van der Waals surface area contributed by atoms with Crippen molar-refractivity contribution in [2.24, 2.45) is 5.41 Å². The first-order valence-electron chi connectivity index (χ1n) is 6.11. The van der Waals surface area contributed by atoms with Gasteiger partial charge in [0, 0.05) is 12.6 Å². The molecule has 86 valence electrons. The minimum absolute atomic E-state index is 0.142. The lowest BCUT2D eigenvalue weighted by Crippen LogP contribution is -2.34. The van der Waals surface area contributed by atoms with Crippen molar-refractivity contribution in [3.05, 3.63) is 0 Å². The first kappa shape index (κ1) is 10.9. The van der Waals surface area contributed by atoms with Gasteiger partial charge in [0.2, 0.25) is 0 Å². The van der Waals surface area contributed by atoms with Gasteiger partial charge in [0.25, 0.3) is 0 Å². The van der Waals surface area contributed by atoms with Crippen LogP contribution in [-0.4, -0.2) is 35.1 Å².